The number of hydrogen-bond acceptors (Lipinski definition) is 4. The fourth-order valence-electron chi connectivity index (χ4n) is 6.47. The van der Waals surface area contributed by atoms with Gasteiger partial charge >= 0.3 is 0 Å². The number of rotatable bonds is 5. The van der Waals surface area contributed by atoms with Crippen molar-refractivity contribution in [3.63, 3.8) is 0 Å². The first-order valence-electron chi connectivity index (χ1n) is 10.7. The van der Waals surface area contributed by atoms with Crippen LogP contribution in [-0.4, -0.2) is 23.0 Å². The van der Waals surface area contributed by atoms with Gasteiger partial charge in [0.05, 0.1) is 0 Å². The quantitative estimate of drug-likeness (QED) is 0.777. The molecule has 0 spiro atoms. The number of carbonyl (C=O) groups excluding carboxylic acids is 2. The predicted molar refractivity (Wildman–Crippen MR) is 108 cm³/mol. The zero-order valence-corrected chi connectivity index (χ0v) is 17.0. The van der Waals surface area contributed by atoms with E-state index in [1.165, 1.54) is 43.5 Å². The fraction of sp³-hybridized carbons (Fsp3) is 0.522. The SMILES string of the molecule is Cc1cc(NC(=O)[C@H](NC(=O)c2ccc(F)cc2)C23CC4CC(CC(C4)C2)C3)no1. The minimum atomic E-state index is -0.666. The Labute approximate surface area is 174 Å². The third-order valence-corrected chi connectivity index (χ3v) is 7.22. The van der Waals surface area contributed by atoms with Crippen molar-refractivity contribution in [2.45, 2.75) is 51.5 Å². The predicted octanol–water partition coefficient (Wildman–Crippen LogP) is 4.08. The number of halogens is 1. The molecule has 158 valence electrons. The molecule has 4 aliphatic rings. The first kappa shape index (κ1) is 19.3. The molecule has 1 heterocycles. The molecule has 6 rings (SSSR count). The lowest BCUT2D eigenvalue weighted by Crippen LogP contribution is -2.61. The molecule has 2 N–H and O–H groups in total. The molecular weight excluding hydrogens is 385 g/mol. The maximum absolute atomic E-state index is 13.4. The van der Waals surface area contributed by atoms with Crippen molar-refractivity contribution in [2.75, 3.05) is 5.32 Å². The van der Waals surface area contributed by atoms with Gasteiger partial charge in [0, 0.05) is 17.0 Å². The highest BCUT2D eigenvalue weighted by Crippen LogP contribution is 2.61. The molecule has 0 unspecified atom stereocenters. The lowest BCUT2D eigenvalue weighted by Gasteiger charge is -2.58. The summed E-state index contributed by atoms with van der Waals surface area (Å²) in [6.45, 7) is 1.76. The van der Waals surface area contributed by atoms with E-state index in [0.717, 1.165) is 19.3 Å². The van der Waals surface area contributed by atoms with Gasteiger partial charge in [0.1, 0.15) is 17.6 Å². The van der Waals surface area contributed by atoms with E-state index in [-0.39, 0.29) is 17.2 Å². The molecule has 4 fully saturated rings. The van der Waals surface area contributed by atoms with E-state index < -0.39 is 11.9 Å². The minimum absolute atomic E-state index is 0.243. The largest absolute Gasteiger partial charge is 0.360 e. The second kappa shape index (κ2) is 7.22. The molecule has 6 nitrogen and oxygen atoms in total. The van der Waals surface area contributed by atoms with Crippen LogP contribution in [0.5, 0.6) is 0 Å². The zero-order chi connectivity index (χ0) is 20.9. The Hall–Kier alpha value is -2.70. The first-order valence-corrected chi connectivity index (χ1v) is 10.7. The molecule has 30 heavy (non-hydrogen) atoms. The van der Waals surface area contributed by atoms with E-state index in [9.17, 15) is 14.0 Å². The van der Waals surface area contributed by atoms with Crippen molar-refractivity contribution < 1.29 is 18.5 Å². The van der Waals surface area contributed by atoms with Crippen molar-refractivity contribution in [3.8, 4) is 0 Å². The summed E-state index contributed by atoms with van der Waals surface area (Å²) in [4.78, 5) is 26.4. The Morgan fingerprint density at radius 3 is 2.23 bits per heavy atom. The molecular formula is C23H26FN3O3. The van der Waals surface area contributed by atoms with Gasteiger partial charge < -0.3 is 15.2 Å². The van der Waals surface area contributed by atoms with Crippen molar-refractivity contribution >= 4 is 17.6 Å². The van der Waals surface area contributed by atoms with Crippen molar-refractivity contribution in [1.29, 1.82) is 0 Å². The van der Waals surface area contributed by atoms with Gasteiger partial charge in [0.2, 0.25) is 5.91 Å². The Morgan fingerprint density at radius 1 is 1.10 bits per heavy atom. The summed E-state index contributed by atoms with van der Waals surface area (Å²) >= 11 is 0. The summed E-state index contributed by atoms with van der Waals surface area (Å²) in [7, 11) is 0. The highest BCUT2D eigenvalue weighted by atomic mass is 19.1. The highest BCUT2D eigenvalue weighted by molar-refractivity contribution is 6.01. The highest BCUT2D eigenvalue weighted by Gasteiger charge is 2.56. The maximum atomic E-state index is 13.4. The lowest BCUT2D eigenvalue weighted by atomic mass is 9.47. The minimum Gasteiger partial charge on any atom is -0.360 e. The fourth-order valence-corrected chi connectivity index (χ4v) is 6.47. The van der Waals surface area contributed by atoms with E-state index in [1.807, 2.05) is 0 Å². The molecule has 2 aromatic rings. The van der Waals surface area contributed by atoms with Gasteiger partial charge in [-0.05, 0) is 87.5 Å². The number of nitrogens with zero attached hydrogens (tertiary/aromatic N) is 1. The molecule has 1 atom stereocenters. The van der Waals surface area contributed by atoms with Gasteiger partial charge in [-0.3, -0.25) is 9.59 Å². The summed E-state index contributed by atoms with van der Waals surface area (Å²) in [5, 5.41) is 9.71. The Kier molecular flexibility index (Phi) is 4.64. The summed E-state index contributed by atoms with van der Waals surface area (Å²) in [6, 6.07) is 6.40. The van der Waals surface area contributed by atoms with Crippen LogP contribution in [0.2, 0.25) is 0 Å². The summed E-state index contributed by atoms with van der Waals surface area (Å²) in [6.07, 6.45) is 6.59. The van der Waals surface area contributed by atoms with Crippen molar-refractivity contribution in [2.24, 2.45) is 23.2 Å². The third-order valence-electron chi connectivity index (χ3n) is 7.22. The van der Waals surface area contributed by atoms with Crippen LogP contribution < -0.4 is 10.6 Å². The molecule has 1 aromatic carbocycles. The van der Waals surface area contributed by atoms with Gasteiger partial charge in [-0.2, -0.15) is 0 Å². The van der Waals surface area contributed by atoms with Crippen LogP contribution in [0.4, 0.5) is 10.2 Å². The van der Waals surface area contributed by atoms with Crippen LogP contribution in [0.15, 0.2) is 34.9 Å². The number of hydrogen-bond donors (Lipinski definition) is 2. The molecule has 7 heteroatoms. The van der Waals surface area contributed by atoms with Crippen molar-refractivity contribution in [3.05, 3.63) is 47.5 Å². The molecule has 4 saturated carbocycles. The molecule has 0 radical (unpaired) electrons. The number of aromatic nitrogens is 1. The Morgan fingerprint density at radius 2 is 1.70 bits per heavy atom. The average molecular weight is 411 g/mol. The van der Waals surface area contributed by atoms with Gasteiger partial charge in [-0.25, -0.2) is 4.39 Å². The van der Waals surface area contributed by atoms with Crippen LogP contribution in [0.3, 0.4) is 0 Å². The van der Waals surface area contributed by atoms with Crippen molar-refractivity contribution in [1.82, 2.24) is 10.5 Å². The van der Waals surface area contributed by atoms with Crippen LogP contribution in [0.25, 0.3) is 0 Å². The first-order chi connectivity index (χ1) is 14.4. The van der Waals surface area contributed by atoms with Gasteiger partial charge in [0.15, 0.2) is 5.82 Å². The number of nitrogens with one attached hydrogen (secondary N) is 2. The van der Waals surface area contributed by atoms with E-state index in [2.05, 4.69) is 15.8 Å². The summed E-state index contributed by atoms with van der Waals surface area (Å²) in [5.41, 5.74) is 0.101. The monoisotopic (exact) mass is 411 g/mol. The lowest BCUT2D eigenvalue weighted by molar-refractivity contribution is -0.129. The number of benzene rings is 1. The summed E-state index contributed by atoms with van der Waals surface area (Å²) < 4.78 is 18.3. The molecule has 0 aliphatic heterocycles. The number of aryl methyl sites for hydroxylation is 1. The van der Waals surface area contributed by atoms with Gasteiger partial charge in [-0.1, -0.05) is 5.16 Å². The van der Waals surface area contributed by atoms with Crippen LogP contribution in [-0.2, 0) is 4.79 Å². The topological polar surface area (TPSA) is 84.2 Å². The van der Waals surface area contributed by atoms with E-state index in [0.29, 0.717) is 34.9 Å². The normalized spacial score (nSPS) is 30.1. The molecule has 4 aliphatic carbocycles. The molecule has 1 aromatic heterocycles. The number of amides is 2. The molecule has 0 saturated heterocycles. The second-order valence-corrected chi connectivity index (χ2v) is 9.51. The molecule has 4 bridgehead atoms. The average Bonchev–Trinajstić information content (AvgIpc) is 3.09. The smallest absolute Gasteiger partial charge is 0.251 e. The Bertz CT molecular complexity index is 933. The van der Waals surface area contributed by atoms with E-state index in [1.54, 1.807) is 13.0 Å². The van der Waals surface area contributed by atoms with Gasteiger partial charge in [0.25, 0.3) is 5.91 Å². The van der Waals surface area contributed by atoms with E-state index >= 15 is 0 Å². The number of anilines is 1. The van der Waals surface area contributed by atoms with Crippen LogP contribution in [0.1, 0.15) is 54.6 Å². The van der Waals surface area contributed by atoms with E-state index in [4.69, 9.17) is 4.52 Å². The Balaban J connectivity index is 1.43. The zero-order valence-electron chi connectivity index (χ0n) is 17.0. The van der Waals surface area contributed by atoms with Gasteiger partial charge in [-0.15, -0.1) is 0 Å². The van der Waals surface area contributed by atoms with Crippen LogP contribution >= 0.6 is 0 Å². The van der Waals surface area contributed by atoms with Crippen LogP contribution in [0, 0.1) is 35.9 Å². The maximum Gasteiger partial charge on any atom is 0.251 e. The molecule has 2 amide bonds. The third kappa shape index (κ3) is 3.50. The number of carbonyl (C=O) groups is 2. The standard InChI is InChI=1S/C23H26FN3O3/c1-13-6-19(27-30-13)25-22(29)20(26-21(28)17-2-4-18(24)5-3-17)23-10-14-7-15(11-23)9-16(8-14)12-23/h2-6,14-16,20H,7-12H2,1H3,(H,26,28)(H,25,27,29)/t14?,15?,16?,20-,23?/m0/s1. The summed E-state index contributed by atoms with van der Waals surface area (Å²) in [5.74, 6) is 1.82. The second-order valence-electron chi connectivity index (χ2n) is 9.51.